The lowest BCUT2D eigenvalue weighted by atomic mass is 9.82. The van der Waals surface area contributed by atoms with E-state index in [1.807, 2.05) is 0 Å². The molecule has 10 aromatic rings. The second-order valence-corrected chi connectivity index (χ2v) is 17.7. The number of hydrogen-bond acceptors (Lipinski definition) is 1. The SMILES string of the molecule is Cc1cc(C)cc(-c2cc(C)cc(-n3c4ccccc4c4c(-c5ccc(N(c6ccc(-c7ccccc7)cc6)c6ccc7c(c6)C(C)(C)c6ccccc6-7)cc5)cccc43)c2)c1. The van der Waals surface area contributed by atoms with Gasteiger partial charge in [-0.15, -0.1) is 0 Å². The van der Waals surface area contributed by atoms with Crippen LogP contribution in [0.1, 0.15) is 41.7 Å². The highest BCUT2D eigenvalue weighted by Gasteiger charge is 2.35. The fourth-order valence-corrected chi connectivity index (χ4v) is 10.2. The van der Waals surface area contributed by atoms with Gasteiger partial charge in [0, 0.05) is 38.9 Å². The van der Waals surface area contributed by atoms with Gasteiger partial charge in [0.25, 0.3) is 0 Å². The molecule has 11 rings (SSSR count). The van der Waals surface area contributed by atoms with Gasteiger partial charge in [-0.3, -0.25) is 0 Å². The van der Waals surface area contributed by atoms with Crippen molar-refractivity contribution in [2.75, 3.05) is 4.90 Å². The zero-order valence-corrected chi connectivity index (χ0v) is 35.9. The smallest absolute Gasteiger partial charge is 0.0547 e. The van der Waals surface area contributed by atoms with Crippen molar-refractivity contribution in [3.63, 3.8) is 0 Å². The van der Waals surface area contributed by atoms with Crippen LogP contribution in [-0.4, -0.2) is 4.57 Å². The van der Waals surface area contributed by atoms with Crippen LogP contribution in [0.3, 0.4) is 0 Å². The van der Waals surface area contributed by atoms with Crippen LogP contribution in [0.2, 0.25) is 0 Å². The second kappa shape index (κ2) is 14.6. The molecular weight excluding hydrogens is 749 g/mol. The Labute approximate surface area is 365 Å². The van der Waals surface area contributed by atoms with Crippen LogP contribution >= 0.6 is 0 Å². The fourth-order valence-electron chi connectivity index (χ4n) is 10.2. The summed E-state index contributed by atoms with van der Waals surface area (Å²) in [7, 11) is 0. The highest BCUT2D eigenvalue weighted by Crippen LogP contribution is 2.51. The van der Waals surface area contributed by atoms with Crippen LogP contribution < -0.4 is 4.90 Å². The first-order chi connectivity index (χ1) is 30.2. The molecule has 0 aliphatic heterocycles. The highest BCUT2D eigenvalue weighted by atomic mass is 15.1. The topological polar surface area (TPSA) is 8.17 Å². The van der Waals surface area contributed by atoms with E-state index in [9.17, 15) is 0 Å². The summed E-state index contributed by atoms with van der Waals surface area (Å²) in [6.45, 7) is 11.3. The average molecular weight is 797 g/mol. The summed E-state index contributed by atoms with van der Waals surface area (Å²) in [5.74, 6) is 0. The molecule has 0 fully saturated rings. The molecule has 1 aromatic heterocycles. The largest absolute Gasteiger partial charge is 0.310 e. The molecule has 1 aliphatic rings. The summed E-state index contributed by atoms with van der Waals surface area (Å²) >= 11 is 0. The minimum atomic E-state index is -0.105. The molecule has 1 heterocycles. The van der Waals surface area contributed by atoms with Crippen molar-refractivity contribution < 1.29 is 0 Å². The zero-order valence-electron chi connectivity index (χ0n) is 35.9. The Hall–Kier alpha value is -7.42. The minimum absolute atomic E-state index is 0.105. The molecule has 9 aromatic carbocycles. The van der Waals surface area contributed by atoms with E-state index in [1.165, 1.54) is 99.8 Å². The summed E-state index contributed by atoms with van der Waals surface area (Å²) in [5, 5.41) is 2.51. The number of aryl methyl sites for hydroxylation is 3. The van der Waals surface area contributed by atoms with Crippen LogP contribution in [0.5, 0.6) is 0 Å². The van der Waals surface area contributed by atoms with Gasteiger partial charge < -0.3 is 9.47 Å². The molecule has 2 heteroatoms. The molecule has 0 unspecified atom stereocenters. The van der Waals surface area contributed by atoms with Gasteiger partial charge in [0.2, 0.25) is 0 Å². The van der Waals surface area contributed by atoms with E-state index in [-0.39, 0.29) is 5.41 Å². The van der Waals surface area contributed by atoms with E-state index in [4.69, 9.17) is 0 Å². The number of aromatic nitrogens is 1. The standard InChI is InChI=1S/C60H48N2/c1-39-32-40(2)34-45(33-39)46-35-41(3)36-50(37-46)62-57-20-12-10-17-54(57)59-51(18-13-21-58(59)62)44-24-28-48(29-25-44)61(47-26-22-43(23-27-47)42-14-7-6-8-15-42)49-30-31-53-52-16-9-11-19-55(52)60(4,5)56(53)38-49/h6-38H,1-5H3. The molecule has 1 aliphatic carbocycles. The lowest BCUT2D eigenvalue weighted by Gasteiger charge is -2.28. The summed E-state index contributed by atoms with van der Waals surface area (Å²) in [6, 6.07) is 74.2. The lowest BCUT2D eigenvalue weighted by Crippen LogP contribution is -2.16. The number of benzene rings is 9. The minimum Gasteiger partial charge on any atom is -0.310 e. The van der Waals surface area contributed by atoms with Crippen LogP contribution in [0.25, 0.3) is 72.0 Å². The van der Waals surface area contributed by atoms with E-state index in [0.717, 1.165) is 17.1 Å². The number of nitrogens with zero attached hydrogens (tertiary/aromatic N) is 2. The molecular formula is C60H48N2. The van der Waals surface area contributed by atoms with Crippen molar-refractivity contribution in [2.24, 2.45) is 0 Å². The van der Waals surface area contributed by atoms with E-state index >= 15 is 0 Å². The lowest BCUT2D eigenvalue weighted by molar-refractivity contribution is 0.660. The monoisotopic (exact) mass is 796 g/mol. The first kappa shape index (κ1) is 37.6. The Balaban J connectivity index is 1.03. The summed E-state index contributed by atoms with van der Waals surface area (Å²) in [4.78, 5) is 2.41. The molecule has 0 saturated carbocycles. The Bertz CT molecular complexity index is 3310. The predicted octanol–water partition coefficient (Wildman–Crippen LogP) is 16.5. The van der Waals surface area contributed by atoms with Gasteiger partial charge in [0.15, 0.2) is 0 Å². The Morgan fingerprint density at radius 3 is 1.66 bits per heavy atom. The first-order valence-electron chi connectivity index (χ1n) is 21.7. The number of fused-ring (bicyclic) bond motifs is 6. The van der Waals surface area contributed by atoms with Gasteiger partial charge in [-0.25, -0.2) is 0 Å². The molecule has 0 radical (unpaired) electrons. The van der Waals surface area contributed by atoms with Crippen LogP contribution in [-0.2, 0) is 5.41 Å². The van der Waals surface area contributed by atoms with Gasteiger partial charge in [0.1, 0.15) is 0 Å². The van der Waals surface area contributed by atoms with E-state index < -0.39 is 0 Å². The highest BCUT2D eigenvalue weighted by molar-refractivity contribution is 6.16. The average Bonchev–Trinajstić information content (AvgIpc) is 3.75. The number of para-hydroxylation sites is 1. The predicted molar refractivity (Wildman–Crippen MR) is 264 cm³/mol. The van der Waals surface area contributed by atoms with Crippen molar-refractivity contribution in [2.45, 2.75) is 40.0 Å². The maximum absolute atomic E-state index is 2.45. The van der Waals surface area contributed by atoms with Gasteiger partial charge >= 0.3 is 0 Å². The van der Waals surface area contributed by atoms with Gasteiger partial charge in [0.05, 0.1) is 11.0 Å². The number of rotatable bonds is 7. The van der Waals surface area contributed by atoms with Gasteiger partial charge in [-0.2, -0.15) is 0 Å². The summed E-state index contributed by atoms with van der Waals surface area (Å²) in [6.07, 6.45) is 0. The van der Waals surface area contributed by atoms with E-state index in [1.54, 1.807) is 0 Å². The Morgan fingerprint density at radius 2 is 0.919 bits per heavy atom. The van der Waals surface area contributed by atoms with Crippen molar-refractivity contribution in [1.82, 2.24) is 4.57 Å². The van der Waals surface area contributed by atoms with Gasteiger partial charge in [-0.1, -0.05) is 165 Å². The Kier molecular flexibility index (Phi) is 8.87. The molecule has 0 atom stereocenters. The summed E-state index contributed by atoms with van der Waals surface area (Å²) in [5.41, 5.74) is 23.4. The molecule has 0 N–H and O–H groups in total. The second-order valence-electron chi connectivity index (χ2n) is 17.7. The number of anilines is 3. The van der Waals surface area contributed by atoms with Crippen molar-refractivity contribution in [3.8, 4) is 50.2 Å². The van der Waals surface area contributed by atoms with Crippen LogP contribution in [0.4, 0.5) is 17.1 Å². The Morgan fingerprint density at radius 1 is 0.371 bits per heavy atom. The van der Waals surface area contributed by atoms with E-state index in [0.29, 0.717) is 0 Å². The molecule has 0 saturated heterocycles. The third kappa shape index (κ3) is 6.25. The molecule has 298 valence electrons. The van der Waals surface area contributed by atoms with Crippen LogP contribution in [0.15, 0.2) is 200 Å². The first-order valence-corrected chi connectivity index (χ1v) is 21.7. The molecule has 0 amide bonds. The van der Waals surface area contributed by atoms with Crippen LogP contribution in [0, 0.1) is 20.8 Å². The molecule has 62 heavy (non-hydrogen) atoms. The zero-order chi connectivity index (χ0) is 42.1. The molecule has 0 bridgehead atoms. The molecule has 0 spiro atoms. The fraction of sp³-hybridized carbons (Fsp3) is 0.100. The maximum atomic E-state index is 2.45. The van der Waals surface area contributed by atoms with E-state index in [2.05, 4.69) is 244 Å². The third-order valence-corrected chi connectivity index (χ3v) is 13.1. The maximum Gasteiger partial charge on any atom is 0.0547 e. The summed E-state index contributed by atoms with van der Waals surface area (Å²) < 4.78 is 2.45. The number of hydrogen-bond donors (Lipinski definition) is 0. The molecule has 2 nitrogen and oxygen atoms in total. The van der Waals surface area contributed by atoms with Crippen molar-refractivity contribution in [1.29, 1.82) is 0 Å². The third-order valence-electron chi connectivity index (χ3n) is 13.1. The van der Waals surface area contributed by atoms with Crippen molar-refractivity contribution in [3.05, 3.63) is 228 Å². The van der Waals surface area contributed by atoms with Gasteiger partial charge in [-0.05, 0) is 143 Å². The normalized spacial score (nSPS) is 12.7. The quantitative estimate of drug-likeness (QED) is 0.156. The van der Waals surface area contributed by atoms with Crippen molar-refractivity contribution >= 4 is 38.9 Å².